The molecule has 3 rings (SSSR count). The fourth-order valence-electron chi connectivity index (χ4n) is 3.11. The van der Waals surface area contributed by atoms with E-state index in [1.165, 1.54) is 0 Å². The van der Waals surface area contributed by atoms with Gasteiger partial charge in [0.15, 0.2) is 0 Å². The Kier molecular flexibility index (Phi) is 5.03. The van der Waals surface area contributed by atoms with Gasteiger partial charge in [0.05, 0.1) is 17.3 Å². The van der Waals surface area contributed by atoms with Crippen LogP contribution >= 0.6 is 0 Å². The minimum Gasteiger partial charge on any atom is -0.376 e. The number of para-hydroxylation sites is 2. The van der Waals surface area contributed by atoms with Crippen LogP contribution in [0, 0.1) is 5.92 Å². The third kappa shape index (κ3) is 3.99. The number of amides is 2. The van der Waals surface area contributed by atoms with Gasteiger partial charge in [-0.3, -0.25) is 9.59 Å². The molecular formula is C20H23N3O2. The van der Waals surface area contributed by atoms with Crippen LogP contribution in [0.5, 0.6) is 0 Å². The van der Waals surface area contributed by atoms with Crippen molar-refractivity contribution in [2.75, 3.05) is 30.9 Å². The number of nitrogens with zero attached hydrogens (tertiary/aromatic N) is 2. The van der Waals surface area contributed by atoms with Crippen molar-refractivity contribution >= 4 is 23.2 Å². The Balaban J connectivity index is 1.65. The standard InChI is InChI=1S/C20H23N3O2/c1-22(2)18-11-7-6-10-17(18)21-20(25)16-12-19(24)23(14-16)13-15-8-4-3-5-9-15/h3-11,16H,12-14H2,1-2H3,(H,21,25)/t16-/m0/s1. The predicted molar refractivity (Wildman–Crippen MR) is 99.4 cm³/mol. The van der Waals surface area contributed by atoms with Crippen molar-refractivity contribution < 1.29 is 9.59 Å². The van der Waals surface area contributed by atoms with Gasteiger partial charge in [-0.15, -0.1) is 0 Å². The zero-order valence-corrected chi connectivity index (χ0v) is 14.6. The number of likely N-dealkylation sites (tertiary alicyclic amines) is 1. The average molecular weight is 337 g/mol. The number of carbonyl (C=O) groups excluding carboxylic acids is 2. The molecule has 1 heterocycles. The lowest BCUT2D eigenvalue weighted by Gasteiger charge is -2.19. The first-order chi connectivity index (χ1) is 12.0. The number of nitrogens with one attached hydrogen (secondary N) is 1. The molecule has 1 N–H and O–H groups in total. The van der Waals surface area contributed by atoms with E-state index in [-0.39, 0.29) is 24.2 Å². The first-order valence-corrected chi connectivity index (χ1v) is 8.43. The summed E-state index contributed by atoms with van der Waals surface area (Å²) < 4.78 is 0. The molecule has 5 heteroatoms. The van der Waals surface area contributed by atoms with Crippen molar-refractivity contribution in [1.82, 2.24) is 4.90 Å². The van der Waals surface area contributed by atoms with Crippen molar-refractivity contribution in [3.63, 3.8) is 0 Å². The summed E-state index contributed by atoms with van der Waals surface area (Å²) in [5.74, 6) is -0.380. The summed E-state index contributed by atoms with van der Waals surface area (Å²) >= 11 is 0. The molecule has 1 aliphatic heterocycles. The van der Waals surface area contributed by atoms with Gasteiger partial charge in [-0.25, -0.2) is 0 Å². The van der Waals surface area contributed by atoms with Crippen LogP contribution in [0.2, 0.25) is 0 Å². The van der Waals surface area contributed by atoms with Crippen molar-refractivity contribution in [3.05, 3.63) is 60.2 Å². The molecule has 1 aliphatic rings. The SMILES string of the molecule is CN(C)c1ccccc1NC(=O)[C@H]1CC(=O)N(Cc2ccccc2)C1. The maximum absolute atomic E-state index is 12.6. The third-order valence-corrected chi connectivity index (χ3v) is 4.45. The lowest BCUT2D eigenvalue weighted by atomic mass is 10.1. The largest absolute Gasteiger partial charge is 0.376 e. The molecule has 1 saturated heterocycles. The highest BCUT2D eigenvalue weighted by molar-refractivity contribution is 5.99. The topological polar surface area (TPSA) is 52.7 Å². The second-order valence-corrected chi connectivity index (χ2v) is 6.56. The molecule has 130 valence electrons. The Labute approximate surface area is 148 Å². The number of hydrogen-bond acceptors (Lipinski definition) is 3. The monoisotopic (exact) mass is 337 g/mol. The summed E-state index contributed by atoms with van der Waals surface area (Å²) in [5, 5.41) is 2.98. The molecule has 0 saturated carbocycles. The zero-order valence-electron chi connectivity index (χ0n) is 14.6. The zero-order chi connectivity index (χ0) is 17.8. The minimum absolute atomic E-state index is 0.0323. The van der Waals surface area contributed by atoms with Crippen molar-refractivity contribution in [2.24, 2.45) is 5.92 Å². The molecule has 1 fully saturated rings. The van der Waals surface area contributed by atoms with Gasteiger partial charge in [-0.05, 0) is 17.7 Å². The fourth-order valence-corrected chi connectivity index (χ4v) is 3.11. The Hall–Kier alpha value is -2.82. The first kappa shape index (κ1) is 17.0. The number of hydrogen-bond donors (Lipinski definition) is 1. The van der Waals surface area contributed by atoms with E-state index in [9.17, 15) is 9.59 Å². The molecule has 0 aliphatic carbocycles. The van der Waals surface area contributed by atoms with E-state index < -0.39 is 0 Å². The Morgan fingerprint density at radius 1 is 1.12 bits per heavy atom. The Morgan fingerprint density at radius 3 is 2.52 bits per heavy atom. The Morgan fingerprint density at radius 2 is 1.80 bits per heavy atom. The highest BCUT2D eigenvalue weighted by Crippen LogP contribution is 2.26. The summed E-state index contributed by atoms with van der Waals surface area (Å²) in [7, 11) is 3.87. The van der Waals surface area contributed by atoms with Gasteiger partial charge in [0.25, 0.3) is 0 Å². The van der Waals surface area contributed by atoms with Gasteiger partial charge in [0.1, 0.15) is 0 Å². The highest BCUT2D eigenvalue weighted by Gasteiger charge is 2.34. The number of carbonyl (C=O) groups is 2. The number of anilines is 2. The number of benzene rings is 2. The highest BCUT2D eigenvalue weighted by atomic mass is 16.2. The van der Waals surface area contributed by atoms with E-state index >= 15 is 0 Å². The molecular weight excluding hydrogens is 314 g/mol. The van der Waals surface area contributed by atoms with E-state index in [4.69, 9.17) is 0 Å². The normalized spacial score (nSPS) is 16.8. The van der Waals surface area contributed by atoms with E-state index in [0.717, 1.165) is 16.9 Å². The van der Waals surface area contributed by atoms with Crippen LogP contribution < -0.4 is 10.2 Å². The molecule has 25 heavy (non-hydrogen) atoms. The third-order valence-electron chi connectivity index (χ3n) is 4.45. The molecule has 2 aromatic rings. The summed E-state index contributed by atoms with van der Waals surface area (Å²) in [5.41, 5.74) is 2.79. The predicted octanol–water partition coefficient (Wildman–Crippen LogP) is 2.74. The van der Waals surface area contributed by atoms with Crippen LogP contribution in [0.25, 0.3) is 0 Å². The summed E-state index contributed by atoms with van der Waals surface area (Å²) in [6, 6.07) is 17.5. The van der Waals surface area contributed by atoms with Gasteiger partial charge in [-0.1, -0.05) is 42.5 Å². The smallest absolute Gasteiger partial charge is 0.229 e. The molecule has 0 unspecified atom stereocenters. The van der Waals surface area contributed by atoms with Crippen LogP contribution in [0.1, 0.15) is 12.0 Å². The van der Waals surface area contributed by atoms with Gasteiger partial charge in [0, 0.05) is 33.6 Å². The summed E-state index contributed by atoms with van der Waals surface area (Å²) in [6.45, 7) is 1.02. The lowest BCUT2D eigenvalue weighted by molar-refractivity contribution is -0.128. The minimum atomic E-state index is -0.313. The van der Waals surface area contributed by atoms with Crippen LogP contribution in [0.4, 0.5) is 11.4 Å². The van der Waals surface area contributed by atoms with Crippen LogP contribution in [0.15, 0.2) is 54.6 Å². The van der Waals surface area contributed by atoms with Crippen LogP contribution in [-0.2, 0) is 16.1 Å². The van der Waals surface area contributed by atoms with Crippen LogP contribution in [0.3, 0.4) is 0 Å². The van der Waals surface area contributed by atoms with Crippen molar-refractivity contribution in [2.45, 2.75) is 13.0 Å². The molecule has 2 aromatic carbocycles. The van der Waals surface area contributed by atoms with Gasteiger partial charge < -0.3 is 15.1 Å². The summed E-state index contributed by atoms with van der Waals surface area (Å²) in [6.07, 6.45) is 0.267. The molecule has 0 bridgehead atoms. The van der Waals surface area contributed by atoms with Gasteiger partial charge in [0.2, 0.25) is 11.8 Å². The van der Waals surface area contributed by atoms with E-state index in [1.807, 2.05) is 73.6 Å². The van der Waals surface area contributed by atoms with Crippen LogP contribution in [-0.4, -0.2) is 37.4 Å². The fraction of sp³-hybridized carbons (Fsp3) is 0.300. The van der Waals surface area contributed by atoms with Crippen molar-refractivity contribution in [1.29, 1.82) is 0 Å². The quantitative estimate of drug-likeness (QED) is 0.913. The second kappa shape index (κ2) is 7.38. The van der Waals surface area contributed by atoms with Gasteiger partial charge in [-0.2, -0.15) is 0 Å². The lowest BCUT2D eigenvalue weighted by Crippen LogP contribution is -2.28. The maximum Gasteiger partial charge on any atom is 0.229 e. The van der Waals surface area contributed by atoms with E-state index in [2.05, 4.69) is 5.32 Å². The summed E-state index contributed by atoms with van der Waals surface area (Å²) in [4.78, 5) is 28.6. The molecule has 5 nitrogen and oxygen atoms in total. The van der Waals surface area contributed by atoms with Gasteiger partial charge >= 0.3 is 0 Å². The first-order valence-electron chi connectivity index (χ1n) is 8.43. The second-order valence-electron chi connectivity index (χ2n) is 6.56. The number of rotatable bonds is 5. The molecule has 0 aromatic heterocycles. The maximum atomic E-state index is 12.6. The van der Waals surface area contributed by atoms with E-state index in [0.29, 0.717) is 13.1 Å². The molecule has 2 amide bonds. The molecule has 1 atom stereocenters. The van der Waals surface area contributed by atoms with E-state index in [1.54, 1.807) is 4.90 Å². The molecule has 0 spiro atoms. The molecule has 0 radical (unpaired) electrons. The Bertz CT molecular complexity index is 759. The average Bonchev–Trinajstić information content (AvgIpc) is 2.97. The van der Waals surface area contributed by atoms with Crippen molar-refractivity contribution in [3.8, 4) is 0 Å².